The van der Waals surface area contributed by atoms with Crippen LogP contribution in [0.15, 0.2) is 24.3 Å². The standard InChI is InChI=1S/C18H26N4/c1-13(2)17-19-18(21-20-17)16-9-7-15(8-10-16)14(3)22-11-5-4-6-12-22/h7-10,13-14H,4-6,11-12H2,1-3H3,(H,19,20,21). The molecule has 1 N–H and O–H groups in total. The minimum atomic E-state index is 0.375. The molecule has 0 spiro atoms. The normalized spacial score (nSPS) is 17.8. The summed E-state index contributed by atoms with van der Waals surface area (Å²) in [6, 6.07) is 9.22. The number of nitrogens with one attached hydrogen (secondary N) is 1. The summed E-state index contributed by atoms with van der Waals surface area (Å²) in [6.07, 6.45) is 4.04. The van der Waals surface area contributed by atoms with E-state index in [4.69, 9.17) is 0 Å². The molecule has 4 nitrogen and oxygen atoms in total. The molecule has 1 atom stereocenters. The second-order valence-corrected chi connectivity index (χ2v) is 6.59. The van der Waals surface area contributed by atoms with Gasteiger partial charge in [0.25, 0.3) is 0 Å². The number of hydrogen-bond acceptors (Lipinski definition) is 3. The number of hydrogen-bond donors (Lipinski definition) is 1. The van der Waals surface area contributed by atoms with Gasteiger partial charge in [-0.05, 0) is 38.4 Å². The molecule has 1 aromatic heterocycles. The molecule has 0 amide bonds. The Labute approximate surface area is 133 Å². The Kier molecular flexibility index (Phi) is 4.57. The first-order valence-corrected chi connectivity index (χ1v) is 8.42. The van der Waals surface area contributed by atoms with Crippen LogP contribution in [0.4, 0.5) is 0 Å². The van der Waals surface area contributed by atoms with Crippen LogP contribution in [0.3, 0.4) is 0 Å². The molecule has 0 radical (unpaired) electrons. The molecular weight excluding hydrogens is 272 g/mol. The minimum absolute atomic E-state index is 0.375. The van der Waals surface area contributed by atoms with Crippen molar-refractivity contribution in [3.63, 3.8) is 0 Å². The van der Waals surface area contributed by atoms with Gasteiger partial charge < -0.3 is 0 Å². The predicted octanol–water partition coefficient (Wildman–Crippen LogP) is 4.14. The maximum Gasteiger partial charge on any atom is 0.181 e. The summed E-state index contributed by atoms with van der Waals surface area (Å²) in [6.45, 7) is 8.99. The number of nitrogens with zero attached hydrogens (tertiary/aromatic N) is 3. The number of rotatable bonds is 4. The van der Waals surface area contributed by atoms with Crippen molar-refractivity contribution >= 4 is 0 Å². The summed E-state index contributed by atoms with van der Waals surface area (Å²) in [5, 5.41) is 7.35. The van der Waals surface area contributed by atoms with Crippen LogP contribution < -0.4 is 0 Å². The largest absolute Gasteiger partial charge is 0.297 e. The Morgan fingerprint density at radius 3 is 2.27 bits per heavy atom. The highest BCUT2D eigenvalue weighted by Gasteiger charge is 2.18. The first kappa shape index (κ1) is 15.2. The molecule has 4 heteroatoms. The summed E-state index contributed by atoms with van der Waals surface area (Å²) in [4.78, 5) is 7.15. The Bertz CT molecular complexity index is 594. The van der Waals surface area contributed by atoms with E-state index in [-0.39, 0.29) is 0 Å². The van der Waals surface area contributed by atoms with E-state index in [2.05, 4.69) is 65.1 Å². The Balaban J connectivity index is 1.74. The molecule has 2 aromatic rings. The lowest BCUT2D eigenvalue weighted by atomic mass is 10.0. The van der Waals surface area contributed by atoms with Crippen LogP contribution in [0.1, 0.15) is 63.4 Å². The van der Waals surface area contributed by atoms with E-state index in [1.807, 2.05) is 0 Å². The summed E-state index contributed by atoms with van der Waals surface area (Å²) < 4.78 is 0. The predicted molar refractivity (Wildman–Crippen MR) is 89.7 cm³/mol. The number of aromatic amines is 1. The Morgan fingerprint density at radius 2 is 1.68 bits per heavy atom. The molecule has 1 aliphatic heterocycles. The Hall–Kier alpha value is -1.68. The lowest BCUT2D eigenvalue weighted by Gasteiger charge is -2.32. The quantitative estimate of drug-likeness (QED) is 0.922. The van der Waals surface area contributed by atoms with Gasteiger partial charge in [-0.25, -0.2) is 4.98 Å². The van der Waals surface area contributed by atoms with Crippen LogP contribution in [0.2, 0.25) is 0 Å². The first-order chi connectivity index (χ1) is 10.6. The van der Waals surface area contributed by atoms with Gasteiger partial charge in [-0.15, -0.1) is 0 Å². The van der Waals surface area contributed by atoms with Crippen molar-refractivity contribution < 1.29 is 0 Å². The summed E-state index contributed by atoms with van der Waals surface area (Å²) in [5.41, 5.74) is 2.46. The van der Waals surface area contributed by atoms with E-state index in [1.54, 1.807) is 0 Å². The molecule has 22 heavy (non-hydrogen) atoms. The van der Waals surface area contributed by atoms with Crippen molar-refractivity contribution in [1.29, 1.82) is 0 Å². The molecule has 2 heterocycles. The van der Waals surface area contributed by atoms with E-state index < -0.39 is 0 Å². The SMILES string of the molecule is CC(C)c1nc(-c2ccc(C(C)N3CCCCC3)cc2)n[nH]1. The molecule has 0 bridgehead atoms. The molecule has 1 fully saturated rings. The first-order valence-electron chi connectivity index (χ1n) is 8.42. The van der Waals surface area contributed by atoms with E-state index in [0.717, 1.165) is 17.2 Å². The highest BCUT2D eigenvalue weighted by molar-refractivity contribution is 5.55. The van der Waals surface area contributed by atoms with Crippen molar-refractivity contribution in [2.75, 3.05) is 13.1 Å². The lowest BCUT2D eigenvalue weighted by molar-refractivity contribution is 0.175. The van der Waals surface area contributed by atoms with Gasteiger partial charge in [-0.3, -0.25) is 10.00 Å². The average Bonchev–Trinajstić information content (AvgIpc) is 3.05. The third-order valence-electron chi connectivity index (χ3n) is 4.64. The number of likely N-dealkylation sites (tertiary alicyclic amines) is 1. The van der Waals surface area contributed by atoms with Crippen molar-refractivity contribution in [3.8, 4) is 11.4 Å². The molecule has 1 aromatic carbocycles. The lowest BCUT2D eigenvalue weighted by Crippen LogP contribution is -2.32. The maximum absolute atomic E-state index is 4.57. The highest BCUT2D eigenvalue weighted by atomic mass is 15.2. The monoisotopic (exact) mass is 298 g/mol. The van der Waals surface area contributed by atoms with Crippen LogP contribution >= 0.6 is 0 Å². The van der Waals surface area contributed by atoms with E-state index in [0.29, 0.717) is 12.0 Å². The van der Waals surface area contributed by atoms with Crippen LogP contribution in [0, 0.1) is 0 Å². The van der Waals surface area contributed by atoms with Crippen molar-refractivity contribution in [3.05, 3.63) is 35.7 Å². The molecule has 1 aliphatic rings. The smallest absolute Gasteiger partial charge is 0.181 e. The van der Waals surface area contributed by atoms with Crippen molar-refractivity contribution in [1.82, 2.24) is 20.1 Å². The van der Waals surface area contributed by atoms with Gasteiger partial charge in [0.05, 0.1) is 0 Å². The molecule has 0 aliphatic carbocycles. The molecular formula is C18H26N4. The third kappa shape index (κ3) is 3.22. The van der Waals surface area contributed by atoms with Crippen LogP contribution in [0.5, 0.6) is 0 Å². The van der Waals surface area contributed by atoms with Crippen molar-refractivity contribution in [2.24, 2.45) is 0 Å². The fourth-order valence-corrected chi connectivity index (χ4v) is 3.09. The third-order valence-corrected chi connectivity index (χ3v) is 4.64. The summed E-state index contributed by atoms with van der Waals surface area (Å²) >= 11 is 0. The van der Waals surface area contributed by atoms with Gasteiger partial charge in [0, 0.05) is 17.5 Å². The second kappa shape index (κ2) is 6.61. The summed E-state index contributed by atoms with van der Waals surface area (Å²) in [5.74, 6) is 2.11. The number of H-pyrrole nitrogens is 1. The van der Waals surface area contributed by atoms with Gasteiger partial charge in [0.1, 0.15) is 5.82 Å². The fourth-order valence-electron chi connectivity index (χ4n) is 3.09. The molecule has 118 valence electrons. The molecule has 0 saturated carbocycles. The minimum Gasteiger partial charge on any atom is -0.297 e. The zero-order valence-corrected chi connectivity index (χ0v) is 13.8. The van der Waals surface area contributed by atoms with E-state index in [9.17, 15) is 0 Å². The van der Waals surface area contributed by atoms with Gasteiger partial charge in [-0.1, -0.05) is 44.5 Å². The van der Waals surface area contributed by atoms with Crippen LogP contribution in [-0.2, 0) is 0 Å². The topological polar surface area (TPSA) is 44.8 Å². The molecule has 1 saturated heterocycles. The maximum atomic E-state index is 4.57. The summed E-state index contributed by atoms with van der Waals surface area (Å²) in [7, 11) is 0. The van der Waals surface area contributed by atoms with E-state index in [1.165, 1.54) is 37.9 Å². The fraction of sp³-hybridized carbons (Fsp3) is 0.556. The van der Waals surface area contributed by atoms with Crippen LogP contribution in [-0.4, -0.2) is 33.2 Å². The number of aromatic nitrogens is 3. The van der Waals surface area contributed by atoms with Gasteiger partial charge >= 0.3 is 0 Å². The van der Waals surface area contributed by atoms with E-state index >= 15 is 0 Å². The second-order valence-electron chi connectivity index (χ2n) is 6.59. The van der Waals surface area contributed by atoms with Crippen LogP contribution in [0.25, 0.3) is 11.4 Å². The molecule has 1 unspecified atom stereocenters. The Morgan fingerprint density at radius 1 is 1.00 bits per heavy atom. The number of piperidine rings is 1. The van der Waals surface area contributed by atoms with Crippen molar-refractivity contribution in [2.45, 2.75) is 52.0 Å². The zero-order valence-electron chi connectivity index (χ0n) is 13.8. The number of benzene rings is 1. The zero-order chi connectivity index (χ0) is 15.5. The van der Waals surface area contributed by atoms with Gasteiger partial charge in [0.15, 0.2) is 5.82 Å². The molecule has 3 rings (SSSR count). The highest BCUT2D eigenvalue weighted by Crippen LogP contribution is 2.26. The average molecular weight is 298 g/mol. The van der Waals surface area contributed by atoms with Gasteiger partial charge in [-0.2, -0.15) is 5.10 Å². The van der Waals surface area contributed by atoms with Gasteiger partial charge in [0.2, 0.25) is 0 Å².